The van der Waals surface area contributed by atoms with Gasteiger partial charge in [0.05, 0.1) is 6.04 Å². The largest absolute Gasteiger partial charge is 0.481 e. The summed E-state index contributed by atoms with van der Waals surface area (Å²) in [5, 5.41) is 13.4. The number of rotatable bonds is 13. The van der Waals surface area contributed by atoms with Crippen molar-refractivity contribution in [3.05, 3.63) is 138 Å². The normalized spacial score (nSPS) is 11.7. The maximum Gasteiger partial charge on any atom is 0.303 e. The number of hydrogen-bond donors (Lipinski definition) is 2. The SMILES string of the molecule is Cc1ccc(-c2ccc([C@@H](COc3ccc(-c4cc5ccccc5o4)cn3)Nc3ccc(C(=O)CCCC(=O)O)cc3)cc2)cc1. The summed E-state index contributed by atoms with van der Waals surface area (Å²) in [6, 6.07) is 37.5. The molecule has 0 saturated carbocycles. The number of furan rings is 1. The molecule has 1 atom stereocenters. The Labute approximate surface area is 267 Å². The number of ketones is 1. The highest BCUT2D eigenvalue weighted by Crippen LogP contribution is 2.29. The van der Waals surface area contributed by atoms with Crippen LogP contribution in [-0.4, -0.2) is 28.4 Å². The molecule has 0 fully saturated rings. The van der Waals surface area contributed by atoms with Gasteiger partial charge in [-0.1, -0.05) is 72.3 Å². The molecule has 7 nitrogen and oxygen atoms in total. The van der Waals surface area contributed by atoms with E-state index >= 15 is 0 Å². The molecule has 0 radical (unpaired) electrons. The zero-order valence-corrected chi connectivity index (χ0v) is 25.5. The highest BCUT2D eigenvalue weighted by molar-refractivity contribution is 5.96. The lowest BCUT2D eigenvalue weighted by Crippen LogP contribution is -2.19. The lowest BCUT2D eigenvalue weighted by Gasteiger charge is -2.21. The quantitative estimate of drug-likeness (QED) is 0.126. The van der Waals surface area contributed by atoms with Gasteiger partial charge in [0.15, 0.2) is 5.78 Å². The van der Waals surface area contributed by atoms with Crippen LogP contribution in [-0.2, 0) is 4.79 Å². The third-order valence-corrected chi connectivity index (χ3v) is 7.88. The van der Waals surface area contributed by atoms with E-state index in [1.165, 1.54) is 5.56 Å². The van der Waals surface area contributed by atoms with Gasteiger partial charge in [0, 0.05) is 47.3 Å². The summed E-state index contributed by atoms with van der Waals surface area (Å²) >= 11 is 0. The lowest BCUT2D eigenvalue weighted by atomic mass is 10.00. The molecule has 7 heteroatoms. The van der Waals surface area contributed by atoms with Crippen molar-refractivity contribution in [2.24, 2.45) is 0 Å². The minimum absolute atomic E-state index is 0.0206. The molecule has 0 bridgehead atoms. The first kappa shape index (κ1) is 30.3. The molecule has 0 unspecified atom stereocenters. The number of carbonyl (C=O) groups is 2. The molecule has 0 spiro atoms. The Morgan fingerprint density at radius 3 is 2.20 bits per heavy atom. The van der Waals surface area contributed by atoms with Gasteiger partial charge in [-0.05, 0) is 72.5 Å². The standard InChI is InChI=1S/C39H34N2O5/c1-26-9-11-27(12-10-26)28-13-15-29(16-14-28)34(41-33-20-17-30(18-21-33)35(42)6-4-8-39(43)44)25-45-38-22-19-32(24-40-38)37-23-31-5-2-3-7-36(31)46-37/h2-3,5,7,9-24,34,41H,4,6,8,25H2,1H3,(H,43,44)/t34-/m1/s1. The highest BCUT2D eigenvalue weighted by Gasteiger charge is 2.15. The zero-order chi connectivity index (χ0) is 31.9. The Balaban J connectivity index is 1.17. The molecule has 230 valence electrons. The van der Waals surface area contributed by atoms with Gasteiger partial charge in [-0.3, -0.25) is 9.59 Å². The number of pyridine rings is 1. The summed E-state index contributed by atoms with van der Waals surface area (Å²) < 4.78 is 12.2. The van der Waals surface area contributed by atoms with Crippen LogP contribution in [0, 0.1) is 6.92 Å². The average molecular weight is 611 g/mol. The van der Waals surface area contributed by atoms with Gasteiger partial charge in [-0.2, -0.15) is 0 Å². The fourth-order valence-electron chi connectivity index (χ4n) is 5.28. The molecular weight excluding hydrogens is 576 g/mol. The first-order chi connectivity index (χ1) is 22.4. The summed E-state index contributed by atoms with van der Waals surface area (Å²) in [6.07, 6.45) is 2.25. The Morgan fingerprint density at radius 2 is 1.52 bits per heavy atom. The number of aryl methyl sites for hydroxylation is 1. The van der Waals surface area contributed by atoms with Crippen molar-refractivity contribution in [3.63, 3.8) is 0 Å². The number of carboxylic acid groups (broad SMARTS) is 1. The second kappa shape index (κ2) is 13.9. The van der Waals surface area contributed by atoms with E-state index in [0.717, 1.165) is 44.7 Å². The maximum atomic E-state index is 12.5. The van der Waals surface area contributed by atoms with Crippen LogP contribution < -0.4 is 10.1 Å². The molecule has 0 aliphatic carbocycles. The Bertz CT molecular complexity index is 1890. The van der Waals surface area contributed by atoms with Gasteiger partial charge in [0.1, 0.15) is 18.0 Å². The Morgan fingerprint density at radius 1 is 0.826 bits per heavy atom. The van der Waals surface area contributed by atoms with Crippen molar-refractivity contribution in [2.45, 2.75) is 32.2 Å². The predicted molar refractivity (Wildman–Crippen MR) is 180 cm³/mol. The molecular formula is C39H34N2O5. The van der Waals surface area contributed by atoms with Crippen molar-refractivity contribution in [2.75, 3.05) is 11.9 Å². The van der Waals surface area contributed by atoms with Crippen molar-refractivity contribution in [3.8, 4) is 28.3 Å². The number of nitrogens with zero attached hydrogens (tertiary/aromatic N) is 1. The summed E-state index contributed by atoms with van der Waals surface area (Å²) in [5.41, 5.74) is 7.59. The first-order valence-electron chi connectivity index (χ1n) is 15.3. The van der Waals surface area contributed by atoms with Crippen LogP contribution in [0.2, 0.25) is 0 Å². The van der Waals surface area contributed by atoms with Crippen molar-refractivity contribution < 1.29 is 23.8 Å². The molecule has 2 heterocycles. The van der Waals surface area contributed by atoms with Crippen molar-refractivity contribution >= 4 is 28.4 Å². The topological polar surface area (TPSA) is 102 Å². The minimum atomic E-state index is -0.898. The minimum Gasteiger partial charge on any atom is -0.481 e. The fraction of sp³-hybridized carbons (Fsp3) is 0.154. The second-order valence-electron chi connectivity index (χ2n) is 11.3. The number of fused-ring (bicyclic) bond motifs is 1. The molecule has 4 aromatic carbocycles. The number of carbonyl (C=O) groups excluding carboxylic acids is 1. The lowest BCUT2D eigenvalue weighted by molar-refractivity contribution is -0.137. The third-order valence-electron chi connectivity index (χ3n) is 7.88. The van der Waals surface area contributed by atoms with Crippen LogP contribution >= 0.6 is 0 Å². The van der Waals surface area contributed by atoms with E-state index in [2.05, 4.69) is 65.8 Å². The third kappa shape index (κ3) is 7.50. The molecule has 0 aliphatic heterocycles. The van der Waals surface area contributed by atoms with E-state index in [9.17, 15) is 9.59 Å². The average Bonchev–Trinajstić information content (AvgIpc) is 3.52. The fourth-order valence-corrected chi connectivity index (χ4v) is 5.28. The second-order valence-corrected chi connectivity index (χ2v) is 11.3. The Kier molecular flexibility index (Phi) is 9.20. The molecule has 0 saturated heterocycles. The number of hydrogen-bond acceptors (Lipinski definition) is 6. The van der Waals surface area contributed by atoms with Crippen LogP contribution in [0.1, 0.15) is 46.8 Å². The van der Waals surface area contributed by atoms with E-state index < -0.39 is 5.97 Å². The number of anilines is 1. The van der Waals surface area contributed by atoms with E-state index in [1.54, 1.807) is 18.3 Å². The number of carboxylic acids is 1. The van der Waals surface area contributed by atoms with Crippen LogP contribution in [0.4, 0.5) is 5.69 Å². The van der Waals surface area contributed by atoms with E-state index in [0.29, 0.717) is 24.5 Å². The Hall–Kier alpha value is -5.69. The molecule has 0 aliphatic rings. The first-order valence-corrected chi connectivity index (χ1v) is 15.3. The van der Waals surface area contributed by atoms with E-state index in [-0.39, 0.29) is 24.7 Å². The monoisotopic (exact) mass is 610 g/mol. The number of Topliss-reactive ketones (excluding diaryl/α,β-unsaturated/α-hetero) is 1. The van der Waals surface area contributed by atoms with Gasteiger partial charge in [-0.25, -0.2) is 4.98 Å². The number of aliphatic carboxylic acids is 1. The summed E-state index contributed by atoms with van der Waals surface area (Å²) in [7, 11) is 0. The van der Waals surface area contributed by atoms with Gasteiger partial charge < -0.3 is 19.6 Å². The van der Waals surface area contributed by atoms with Crippen molar-refractivity contribution in [1.82, 2.24) is 4.98 Å². The summed E-state index contributed by atoms with van der Waals surface area (Å²) in [6.45, 7) is 2.38. The molecule has 2 N–H and O–H groups in total. The molecule has 46 heavy (non-hydrogen) atoms. The van der Waals surface area contributed by atoms with Crippen LogP contribution in [0.25, 0.3) is 33.4 Å². The smallest absolute Gasteiger partial charge is 0.303 e. The van der Waals surface area contributed by atoms with E-state index in [4.69, 9.17) is 14.3 Å². The number of nitrogens with one attached hydrogen (secondary N) is 1. The van der Waals surface area contributed by atoms with Crippen LogP contribution in [0.5, 0.6) is 5.88 Å². The van der Waals surface area contributed by atoms with Gasteiger partial charge >= 0.3 is 5.97 Å². The molecule has 0 amide bonds. The highest BCUT2D eigenvalue weighted by atomic mass is 16.5. The van der Waals surface area contributed by atoms with Gasteiger partial charge in [0.2, 0.25) is 5.88 Å². The maximum absolute atomic E-state index is 12.5. The number of benzene rings is 4. The number of para-hydroxylation sites is 1. The predicted octanol–water partition coefficient (Wildman–Crippen LogP) is 9.14. The summed E-state index contributed by atoms with van der Waals surface area (Å²) in [4.78, 5) is 27.9. The van der Waals surface area contributed by atoms with Crippen molar-refractivity contribution in [1.29, 1.82) is 0 Å². The van der Waals surface area contributed by atoms with E-state index in [1.807, 2.05) is 54.6 Å². The molecule has 6 aromatic rings. The number of aromatic nitrogens is 1. The molecule has 2 aromatic heterocycles. The van der Waals surface area contributed by atoms with Gasteiger partial charge in [0.25, 0.3) is 0 Å². The van der Waals surface area contributed by atoms with Crippen LogP contribution in [0.3, 0.4) is 0 Å². The molecule has 6 rings (SSSR count). The number of ether oxygens (including phenoxy) is 1. The summed E-state index contributed by atoms with van der Waals surface area (Å²) in [5.74, 6) is 0.268. The van der Waals surface area contributed by atoms with Gasteiger partial charge in [-0.15, -0.1) is 0 Å². The van der Waals surface area contributed by atoms with Crippen LogP contribution in [0.15, 0.2) is 126 Å². The zero-order valence-electron chi connectivity index (χ0n) is 25.5.